The molecule has 0 aliphatic rings. The molecule has 0 atom stereocenters. The largest absolute Gasteiger partial charge is 0.490 e. The Morgan fingerprint density at radius 3 is 2.57 bits per heavy atom. The van der Waals surface area contributed by atoms with Crippen LogP contribution in [0.15, 0.2) is 48.5 Å². The Labute approximate surface area is 128 Å². The summed E-state index contributed by atoms with van der Waals surface area (Å²) < 4.78 is 15.7. The van der Waals surface area contributed by atoms with E-state index in [0.717, 1.165) is 0 Å². The predicted molar refractivity (Wildman–Crippen MR) is 80.2 cm³/mol. The standard InChI is InChI=1S/C16H15ClO4/c1-19-16(18)12-5-4-6-13(11-12)20-9-10-21-15-8-3-2-7-14(15)17/h2-8,11H,9-10H2,1H3. The molecule has 0 spiro atoms. The molecule has 0 amide bonds. The summed E-state index contributed by atoms with van der Waals surface area (Å²) in [7, 11) is 1.34. The van der Waals surface area contributed by atoms with Crippen LogP contribution in [-0.4, -0.2) is 26.3 Å². The molecule has 2 aromatic carbocycles. The fourth-order valence-corrected chi connectivity index (χ4v) is 1.89. The van der Waals surface area contributed by atoms with Crippen molar-refractivity contribution in [3.8, 4) is 11.5 Å². The minimum Gasteiger partial charge on any atom is -0.490 e. The Hall–Kier alpha value is -2.20. The zero-order chi connectivity index (χ0) is 15.1. The van der Waals surface area contributed by atoms with Crippen LogP contribution in [0.4, 0.5) is 0 Å². The maximum Gasteiger partial charge on any atom is 0.337 e. The van der Waals surface area contributed by atoms with Crippen molar-refractivity contribution >= 4 is 17.6 Å². The molecule has 110 valence electrons. The summed E-state index contributed by atoms with van der Waals surface area (Å²) in [6.45, 7) is 0.696. The van der Waals surface area contributed by atoms with Crippen molar-refractivity contribution in [1.82, 2.24) is 0 Å². The Balaban J connectivity index is 1.84. The number of hydrogen-bond donors (Lipinski definition) is 0. The number of hydrogen-bond acceptors (Lipinski definition) is 4. The third-order valence-electron chi connectivity index (χ3n) is 2.70. The first kappa shape index (κ1) is 15.2. The lowest BCUT2D eigenvalue weighted by atomic mass is 10.2. The Morgan fingerprint density at radius 1 is 1.05 bits per heavy atom. The third kappa shape index (κ3) is 4.39. The van der Waals surface area contributed by atoms with Crippen molar-refractivity contribution in [3.05, 3.63) is 59.1 Å². The van der Waals surface area contributed by atoms with E-state index in [1.807, 2.05) is 12.1 Å². The minimum atomic E-state index is -0.396. The molecule has 0 saturated heterocycles. The highest BCUT2D eigenvalue weighted by atomic mass is 35.5. The first-order valence-electron chi connectivity index (χ1n) is 6.39. The number of carbonyl (C=O) groups is 1. The summed E-state index contributed by atoms with van der Waals surface area (Å²) in [6, 6.07) is 14.0. The zero-order valence-corrected chi connectivity index (χ0v) is 12.3. The topological polar surface area (TPSA) is 44.8 Å². The molecule has 0 N–H and O–H groups in total. The fraction of sp³-hybridized carbons (Fsp3) is 0.188. The number of benzene rings is 2. The van der Waals surface area contributed by atoms with Crippen LogP contribution in [0.5, 0.6) is 11.5 Å². The Morgan fingerprint density at radius 2 is 1.81 bits per heavy atom. The molecule has 0 unspecified atom stereocenters. The van der Waals surface area contributed by atoms with Gasteiger partial charge in [-0.15, -0.1) is 0 Å². The van der Waals surface area contributed by atoms with Crippen molar-refractivity contribution in [2.45, 2.75) is 0 Å². The summed E-state index contributed by atoms with van der Waals surface area (Å²) in [5.41, 5.74) is 0.446. The highest BCUT2D eigenvalue weighted by molar-refractivity contribution is 6.32. The van der Waals surface area contributed by atoms with Gasteiger partial charge in [0.1, 0.15) is 24.7 Å². The Bertz CT molecular complexity index is 613. The molecule has 2 rings (SSSR count). The lowest BCUT2D eigenvalue weighted by Crippen LogP contribution is -2.09. The maximum absolute atomic E-state index is 11.4. The summed E-state index contributed by atoms with van der Waals surface area (Å²) in [5.74, 6) is 0.805. The van der Waals surface area contributed by atoms with Gasteiger partial charge in [-0.25, -0.2) is 4.79 Å². The van der Waals surface area contributed by atoms with E-state index in [1.54, 1.807) is 36.4 Å². The highest BCUT2D eigenvalue weighted by Crippen LogP contribution is 2.23. The first-order chi connectivity index (χ1) is 10.2. The predicted octanol–water partition coefficient (Wildman–Crippen LogP) is 3.58. The monoisotopic (exact) mass is 306 g/mol. The van der Waals surface area contributed by atoms with Gasteiger partial charge in [0, 0.05) is 0 Å². The second-order valence-corrected chi connectivity index (χ2v) is 4.55. The molecule has 0 saturated carbocycles. The van der Waals surface area contributed by atoms with Gasteiger partial charge in [0.15, 0.2) is 0 Å². The Kier molecular flexibility index (Phi) is 5.46. The van der Waals surface area contributed by atoms with Gasteiger partial charge in [-0.1, -0.05) is 29.8 Å². The normalized spacial score (nSPS) is 10.0. The summed E-state index contributed by atoms with van der Waals surface area (Å²) in [4.78, 5) is 11.4. The molecular weight excluding hydrogens is 292 g/mol. The first-order valence-corrected chi connectivity index (χ1v) is 6.77. The van der Waals surface area contributed by atoms with E-state index in [9.17, 15) is 4.79 Å². The summed E-state index contributed by atoms with van der Waals surface area (Å²) in [6.07, 6.45) is 0. The van der Waals surface area contributed by atoms with Crippen LogP contribution in [0.25, 0.3) is 0 Å². The number of esters is 1. The molecule has 0 fully saturated rings. The van der Waals surface area contributed by atoms with Crippen LogP contribution in [0.1, 0.15) is 10.4 Å². The molecule has 0 aliphatic carbocycles. The van der Waals surface area contributed by atoms with Crippen LogP contribution >= 0.6 is 11.6 Å². The zero-order valence-electron chi connectivity index (χ0n) is 11.5. The van der Waals surface area contributed by atoms with E-state index in [1.165, 1.54) is 7.11 Å². The molecule has 21 heavy (non-hydrogen) atoms. The molecule has 0 bridgehead atoms. The van der Waals surface area contributed by atoms with E-state index in [-0.39, 0.29) is 0 Å². The van der Waals surface area contributed by atoms with Crippen LogP contribution < -0.4 is 9.47 Å². The molecule has 2 aromatic rings. The van der Waals surface area contributed by atoms with E-state index in [4.69, 9.17) is 21.1 Å². The van der Waals surface area contributed by atoms with Crippen LogP contribution in [0.2, 0.25) is 5.02 Å². The molecule has 0 aliphatic heterocycles. The van der Waals surface area contributed by atoms with Gasteiger partial charge in [-0.2, -0.15) is 0 Å². The van der Waals surface area contributed by atoms with Crippen molar-refractivity contribution in [3.63, 3.8) is 0 Å². The number of methoxy groups -OCH3 is 1. The average Bonchev–Trinajstić information content (AvgIpc) is 2.52. The van der Waals surface area contributed by atoms with Crippen molar-refractivity contribution in [2.75, 3.05) is 20.3 Å². The van der Waals surface area contributed by atoms with Crippen molar-refractivity contribution in [1.29, 1.82) is 0 Å². The van der Waals surface area contributed by atoms with E-state index < -0.39 is 5.97 Å². The highest BCUT2D eigenvalue weighted by Gasteiger charge is 2.06. The number of carbonyl (C=O) groups excluding carboxylic acids is 1. The van der Waals surface area contributed by atoms with Gasteiger partial charge in [-0.05, 0) is 30.3 Å². The summed E-state index contributed by atoms with van der Waals surface area (Å²) >= 11 is 5.97. The van der Waals surface area contributed by atoms with Gasteiger partial charge in [0.2, 0.25) is 0 Å². The number of rotatable bonds is 6. The van der Waals surface area contributed by atoms with Crippen LogP contribution in [0, 0.1) is 0 Å². The second kappa shape index (κ2) is 7.55. The quantitative estimate of drug-likeness (QED) is 0.604. The molecule has 0 radical (unpaired) electrons. The minimum absolute atomic E-state index is 0.343. The van der Waals surface area contributed by atoms with Crippen LogP contribution in [-0.2, 0) is 4.74 Å². The van der Waals surface area contributed by atoms with Gasteiger partial charge in [0.25, 0.3) is 0 Å². The SMILES string of the molecule is COC(=O)c1cccc(OCCOc2ccccc2Cl)c1. The van der Waals surface area contributed by atoms with Crippen molar-refractivity contribution in [2.24, 2.45) is 0 Å². The van der Waals surface area contributed by atoms with Gasteiger partial charge < -0.3 is 14.2 Å². The number of ether oxygens (including phenoxy) is 3. The van der Waals surface area contributed by atoms with E-state index in [2.05, 4.69) is 4.74 Å². The molecule has 4 nitrogen and oxygen atoms in total. The van der Waals surface area contributed by atoms with Gasteiger partial charge >= 0.3 is 5.97 Å². The average molecular weight is 307 g/mol. The molecule has 0 aromatic heterocycles. The van der Waals surface area contributed by atoms with Crippen molar-refractivity contribution < 1.29 is 19.0 Å². The number of para-hydroxylation sites is 1. The van der Waals surface area contributed by atoms with Gasteiger partial charge in [0.05, 0.1) is 17.7 Å². The smallest absolute Gasteiger partial charge is 0.337 e. The molecule has 0 heterocycles. The van der Waals surface area contributed by atoms with E-state index >= 15 is 0 Å². The summed E-state index contributed by atoms with van der Waals surface area (Å²) in [5, 5.41) is 0.560. The molecular formula is C16H15ClO4. The lowest BCUT2D eigenvalue weighted by Gasteiger charge is -2.10. The maximum atomic E-state index is 11.4. The second-order valence-electron chi connectivity index (χ2n) is 4.15. The fourth-order valence-electron chi connectivity index (χ4n) is 1.70. The van der Waals surface area contributed by atoms with Gasteiger partial charge in [-0.3, -0.25) is 0 Å². The van der Waals surface area contributed by atoms with E-state index in [0.29, 0.717) is 35.3 Å². The lowest BCUT2D eigenvalue weighted by molar-refractivity contribution is 0.0600. The van der Waals surface area contributed by atoms with Crippen LogP contribution in [0.3, 0.4) is 0 Å². The molecule has 5 heteroatoms. The third-order valence-corrected chi connectivity index (χ3v) is 3.01. The number of halogens is 1.